The zero-order valence-corrected chi connectivity index (χ0v) is 23.0. The molecular formula is C31H35NO7. The Kier molecular flexibility index (Phi) is 8.74. The minimum absolute atomic E-state index is 0.140. The van der Waals surface area contributed by atoms with Gasteiger partial charge in [0.2, 0.25) is 0 Å². The molecule has 8 heteroatoms. The number of rotatable bonds is 9. The number of carbonyl (C=O) groups excluding carboxylic acids is 3. The molecule has 0 bridgehead atoms. The highest BCUT2D eigenvalue weighted by molar-refractivity contribution is 6.13. The lowest BCUT2D eigenvalue weighted by molar-refractivity contribution is -0.152. The van der Waals surface area contributed by atoms with Gasteiger partial charge in [-0.2, -0.15) is 0 Å². The maximum Gasteiger partial charge on any atom is 0.336 e. The largest absolute Gasteiger partial charge is 0.496 e. The van der Waals surface area contributed by atoms with E-state index < -0.39 is 29.7 Å². The number of methoxy groups -OCH3 is 1. The van der Waals surface area contributed by atoms with E-state index in [1.807, 2.05) is 55.5 Å². The molecule has 0 amide bonds. The van der Waals surface area contributed by atoms with Crippen molar-refractivity contribution in [3.05, 3.63) is 82.2 Å². The van der Waals surface area contributed by atoms with Crippen molar-refractivity contribution in [2.24, 2.45) is 5.92 Å². The number of ether oxygens (including phenoxy) is 4. The van der Waals surface area contributed by atoms with Crippen LogP contribution < -0.4 is 14.8 Å². The van der Waals surface area contributed by atoms with Gasteiger partial charge in [-0.25, -0.2) is 4.79 Å². The van der Waals surface area contributed by atoms with Crippen molar-refractivity contribution in [3.63, 3.8) is 0 Å². The van der Waals surface area contributed by atoms with E-state index in [2.05, 4.69) is 5.32 Å². The molecule has 4 rings (SSSR count). The van der Waals surface area contributed by atoms with Crippen LogP contribution in [0.5, 0.6) is 11.5 Å². The Balaban J connectivity index is 1.90. The van der Waals surface area contributed by atoms with E-state index in [1.165, 1.54) is 0 Å². The van der Waals surface area contributed by atoms with Crippen LogP contribution in [0.3, 0.4) is 0 Å². The van der Waals surface area contributed by atoms with Gasteiger partial charge in [-0.15, -0.1) is 0 Å². The number of dihydropyridines is 1. The molecule has 0 spiro atoms. The fourth-order valence-corrected chi connectivity index (χ4v) is 5.54. The van der Waals surface area contributed by atoms with Crippen LogP contribution in [-0.4, -0.2) is 44.7 Å². The van der Waals surface area contributed by atoms with Gasteiger partial charge < -0.3 is 24.3 Å². The number of nitrogens with one attached hydrogen (secondary N) is 1. The maximum absolute atomic E-state index is 14.4. The molecular weight excluding hydrogens is 498 g/mol. The molecule has 2 aromatic rings. The van der Waals surface area contributed by atoms with Crippen LogP contribution in [0.4, 0.5) is 0 Å². The normalized spacial score (nSPS) is 20.6. The van der Waals surface area contributed by atoms with Gasteiger partial charge in [0.15, 0.2) is 5.78 Å². The van der Waals surface area contributed by atoms with E-state index in [1.54, 1.807) is 27.9 Å². The fraction of sp³-hybridized carbons (Fsp3) is 0.387. The molecule has 0 fully saturated rings. The number of hydrogen-bond donors (Lipinski definition) is 1. The Bertz CT molecular complexity index is 1310. The molecule has 39 heavy (non-hydrogen) atoms. The molecule has 0 aromatic heterocycles. The molecule has 0 saturated carbocycles. The summed E-state index contributed by atoms with van der Waals surface area (Å²) in [5.41, 5.74) is 3.45. The molecule has 206 valence electrons. The first-order valence-electron chi connectivity index (χ1n) is 13.3. The van der Waals surface area contributed by atoms with Gasteiger partial charge in [0.25, 0.3) is 0 Å². The fourth-order valence-electron chi connectivity index (χ4n) is 5.54. The van der Waals surface area contributed by atoms with Crippen molar-refractivity contribution in [2.45, 2.75) is 46.0 Å². The summed E-state index contributed by atoms with van der Waals surface area (Å²) in [5, 5.41) is 3.32. The molecule has 0 saturated heterocycles. The minimum Gasteiger partial charge on any atom is -0.496 e. The van der Waals surface area contributed by atoms with Gasteiger partial charge in [-0.1, -0.05) is 30.3 Å². The van der Waals surface area contributed by atoms with Crippen molar-refractivity contribution < 1.29 is 33.3 Å². The van der Waals surface area contributed by atoms with Crippen molar-refractivity contribution >= 4 is 17.7 Å². The van der Waals surface area contributed by atoms with Gasteiger partial charge in [0.1, 0.15) is 17.4 Å². The average Bonchev–Trinajstić information content (AvgIpc) is 2.93. The second-order valence-electron chi connectivity index (χ2n) is 9.36. The highest BCUT2D eigenvalue weighted by Crippen LogP contribution is 2.49. The predicted molar refractivity (Wildman–Crippen MR) is 145 cm³/mol. The Morgan fingerprint density at radius 1 is 0.949 bits per heavy atom. The molecule has 8 nitrogen and oxygen atoms in total. The molecule has 0 unspecified atom stereocenters. The average molecular weight is 534 g/mol. The summed E-state index contributed by atoms with van der Waals surface area (Å²) in [4.78, 5) is 41.0. The quantitative estimate of drug-likeness (QED) is 0.362. The van der Waals surface area contributed by atoms with Crippen molar-refractivity contribution in [2.75, 3.05) is 26.9 Å². The number of ketones is 1. The minimum atomic E-state index is -1.10. The molecule has 1 aliphatic carbocycles. The number of hydrogen-bond acceptors (Lipinski definition) is 8. The molecule has 1 heterocycles. The lowest BCUT2D eigenvalue weighted by atomic mass is 9.67. The summed E-state index contributed by atoms with van der Waals surface area (Å²) >= 11 is 0. The molecule has 2 aromatic carbocycles. The smallest absolute Gasteiger partial charge is 0.336 e. The number of Topliss-reactive ketones (excluding diaryl/α,β-unsaturated/α-hetero) is 1. The monoisotopic (exact) mass is 533 g/mol. The standard InChI is InChI=1S/C31H35NO7/c1-6-37-20-15-13-19(14-16-20)26-25(30(34)38-7-2)18(4)32-23-17-22(21-11-9-10-12-24(21)36-5)27(29(33)28(23)26)31(35)39-8-3/h9-16,22,26-27,32H,6-8,17H2,1-5H3/t22-,26+,27-/m0/s1. The molecule has 1 aliphatic heterocycles. The first-order valence-corrected chi connectivity index (χ1v) is 13.3. The predicted octanol–water partition coefficient (Wildman–Crippen LogP) is 4.81. The lowest BCUT2D eigenvalue weighted by Crippen LogP contribution is -2.43. The Hall–Kier alpha value is -4.07. The zero-order chi connectivity index (χ0) is 28.1. The summed E-state index contributed by atoms with van der Waals surface area (Å²) in [7, 11) is 1.56. The van der Waals surface area contributed by atoms with E-state index in [0.717, 1.165) is 11.1 Å². The third-order valence-electron chi connectivity index (χ3n) is 7.12. The van der Waals surface area contributed by atoms with E-state index >= 15 is 0 Å². The van der Waals surface area contributed by atoms with Crippen LogP contribution in [0.25, 0.3) is 0 Å². The van der Waals surface area contributed by atoms with Crippen LogP contribution in [0, 0.1) is 5.92 Å². The number of para-hydroxylation sites is 1. The van der Waals surface area contributed by atoms with Crippen LogP contribution >= 0.6 is 0 Å². The lowest BCUT2D eigenvalue weighted by Gasteiger charge is -2.39. The van der Waals surface area contributed by atoms with Gasteiger partial charge in [-0.3, -0.25) is 9.59 Å². The third kappa shape index (κ3) is 5.41. The number of allylic oxidation sites excluding steroid dienone is 3. The van der Waals surface area contributed by atoms with Gasteiger partial charge >= 0.3 is 11.9 Å². The zero-order valence-electron chi connectivity index (χ0n) is 23.0. The van der Waals surface area contributed by atoms with Gasteiger partial charge in [0, 0.05) is 28.8 Å². The molecule has 3 atom stereocenters. The summed E-state index contributed by atoms with van der Waals surface area (Å²) in [6.45, 7) is 7.99. The van der Waals surface area contributed by atoms with E-state index in [9.17, 15) is 14.4 Å². The summed E-state index contributed by atoms with van der Waals surface area (Å²) in [5.74, 6) is -2.57. The van der Waals surface area contributed by atoms with Crippen molar-refractivity contribution in [1.29, 1.82) is 0 Å². The second kappa shape index (κ2) is 12.2. The maximum atomic E-state index is 14.4. The van der Waals surface area contributed by atoms with Crippen LogP contribution in [0.1, 0.15) is 57.1 Å². The van der Waals surface area contributed by atoms with Crippen LogP contribution in [0.2, 0.25) is 0 Å². The van der Waals surface area contributed by atoms with E-state index in [4.69, 9.17) is 18.9 Å². The first kappa shape index (κ1) is 28.0. The number of esters is 2. The summed E-state index contributed by atoms with van der Waals surface area (Å²) < 4.78 is 22.0. The third-order valence-corrected chi connectivity index (χ3v) is 7.12. The Morgan fingerprint density at radius 3 is 2.28 bits per heavy atom. The Morgan fingerprint density at radius 2 is 1.64 bits per heavy atom. The first-order chi connectivity index (χ1) is 18.9. The second-order valence-corrected chi connectivity index (χ2v) is 9.36. The molecule has 1 N–H and O–H groups in total. The number of benzene rings is 2. The van der Waals surface area contributed by atoms with Gasteiger partial charge in [0.05, 0.1) is 32.5 Å². The van der Waals surface area contributed by atoms with Crippen LogP contribution in [0.15, 0.2) is 71.1 Å². The number of carbonyl (C=O) groups is 3. The summed E-state index contributed by atoms with van der Waals surface area (Å²) in [6.07, 6.45) is 0.353. The molecule has 2 aliphatic rings. The van der Waals surface area contributed by atoms with Crippen molar-refractivity contribution in [1.82, 2.24) is 5.32 Å². The Labute approximate surface area is 229 Å². The summed E-state index contributed by atoms with van der Waals surface area (Å²) in [6, 6.07) is 14.7. The molecule has 0 radical (unpaired) electrons. The topological polar surface area (TPSA) is 100 Å². The highest BCUT2D eigenvalue weighted by Gasteiger charge is 2.49. The van der Waals surface area contributed by atoms with Gasteiger partial charge in [-0.05, 0) is 63.4 Å². The SMILES string of the molecule is CCOC(=O)C1=C(C)NC2=C(C(=O)[C@@H](C(=O)OCC)[C@H](c3ccccc3OC)C2)[C@@H]1c1ccc(OCC)cc1. The van der Waals surface area contributed by atoms with E-state index in [-0.39, 0.29) is 19.0 Å². The van der Waals surface area contributed by atoms with Crippen LogP contribution in [-0.2, 0) is 23.9 Å². The van der Waals surface area contributed by atoms with Crippen molar-refractivity contribution in [3.8, 4) is 11.5 Å². The highest BCUT2D eigenvalue weighted by atomic mass is 16.5. The van der Waals surface area contributed by atoms with E-state index in [0.29, 0.717) is 47.1 Å².